The van der Waals surface area contributed by atoms with Crippen molar-refractivity contribution in [3.05, 3.63) is 59.9 Å². The number of amides is 4. The van der Waals surface area contributed by atoms with E-state index < -0.39 is 0 Å². The summed E-state index contributed by atoms with van der Waals surface area (Å²) in [5.41, 5.74) is 1.52. The van der Waals surface area contributed by atoms with E-state index in [1.807, 2.05) is 12.2 Å². The minimum Gasteiger partial charge on any atom is -0.271 e. The second-order valence-electron chi connectivity index (χ2n) is 5.01. The maximum atomic E-state index is 11.6. The fraction of sp³-hybridized carbons (Fsp3) is 0.125. The van der Waals surface area contributed by atoms with Crippen LogP contribution in [0.2, 0.25) is 0 Å². The van der Waals surface area contributed by atoms with Gasteiger partial charge in [0, 0.05) is 30.5 Å². The Bertz CT molecular complexity index is 701. The number of carbonyl (C=O) groups excluding carboxylic acids is 4. The highest BCUT2D eigenvalue weighted by Gasteiger charge is 2.25. The summed E-state index contributed by atoms with van der Waals surface area (Å²) in [4.78, 5) is 48.3. The molecule has 110 valence electrons. The molecule has 0 atom stereocenters. The first-order chi connectivity index (χ1) is 10.5. The van der Waals surface area contributed by atoms with Crippen molar-refractivity contribution in [2.75, 3.05) is 6.54 Å². The number of allylic oxidation sites excluding steroid dienone is 3. The van der Waals surface area contributed by atoms with Crippen LogP contribution in [0, 0.1) is 0 Å². The van der Waals surface area contributed by atoms with Crippen LogP contribution in [-0.4, -0.2) is 40.0 Å². The zero-order valence-corrected chi connectivity index (χ0v) is 11.6. The summed E-state index contributed by atoms with van der Waals surface area (Å²) in [5, 5.41) is 0. The molecule has 0 N–H and O–H groups in total. The van der Waals surface area contributed by atoms with Crippen LogP contribution >= 0.6 is 0 Å². The van der Waals surface area contributed by atoms with Crippen LogP contribution in [0.25, 0.3) is 0 Å². The molecule has 2 aliphatic heterocycles. The third-order valence-electron chi connectivity index (χ3n) is 3.44. The van der Waals surface area contributed by atoms with Crippen molar-refractivity contribution in [2.45, 2.75) is 6.42 Å². The van der Waals surface area contributed by atoms with Gasteiger partial charge in [-0.3, -0.25) is 24.1 Å². The van der Waals surface area contributed by atoms with Gasteiger partial charge in [-0.25, -0.2) is 4.90 Å². The lowest BCUT2D eigenvalue weighted by Gasteiger charge is -2.17. The molecule has 6 heteroatoms. The molecule has 0 aromatic carbocycles. The predicted octanol–water partition coefficient (Wildman–Crippen LogP) is 0.607. The standard InChI is InChI=1S/C16H12N2O4/c19-13-4-5-14(20)17(13)9-11-2-1-3-12(8-11)10-18-15(21)6-7-16(18)22/h1-2,4-8,10H,3,9H2/b12-10+. The van der Waals surface area contributed by atoms with Crippen molar-refractivity contribution in [3.63, 3.8) is 0 Å². The Morgan fingerprint density at radius 1 is 0.864 bits per heavy atom. The first-order valence-corrected chi connectivity index (χ1v) is 6.71. The van der Waals surface area contributed by atoms with Gasteiger partial charge < -0.3 is 0 Å². The molecule has 6 nitrogen and oxygen atoms in total. The molecule has 0 aromatic rings. The largest absolute Gasteiger partial charge is 0.271 e. The van der Waals surface area contributed by atoms with Gasteiger partial charge in [0.2, 0.25) is 0 Å². The highest BCUT2D eigenvalue weighted by molar-refractivity contribution is 6.14. The van der Waals surface area contributed by atoms with Crippen molar-refractivity contribution in [2.24, 2.45) is 0 Å². The lowest BCUT2D eigenvalue weighted by Crippen LogP contribution is -2.31. The average molecular weight is 296 g/mol. The summed E-state index contributed by atoms with van der Waals surface area (Å²) < 4.78 is 0. The third kappa shape index (κ3) is 2.58. The Morgan fingerprint density at radius 2 is 1.45 bits per heavy atom. The summed E-state index contributed by atoms with van der Waals surface area (Å²) in [6.07, 6.45) is 12.4. The number of imide groups is 2. The molecule has 0 aromatic heterocycles. The predicted molar refractivity (Wildman–Crippen MR) is 76.8 cm³/mol. The van der Waals surface area contributed by atoms with E-state index in [2.05, 4.69) is 0 Å². The Labute approximate surface area is 126 Å². The lowest BCUT2D eigenvalue weighted by atomic mass is 10.0. The van der Waals surface area contributed by atoms with Crippen LogP contribution in [0.15, 0.2) is 59.9 Å². The average Bonchev–Trinajstić information content (AvgIpc) is 2.98. The van der Waals surface area contributed by atoms with E-state index in [1.165, 1.54) is 30.5 Å². The summed E-state index contributed by atoms with van der Waals surface area (Å²) in [7, 11) is 0. The van der Waals surface area contributed by atoms with Gasteiger partial charge in [-0.05, 0) is 17.6 Å². The Kier molecular flexibility index (Phi) is 3.42. The van der Waals surface area contributed by atoms with Gasteiger partial charge in [-0.2, -0.15) is 0 Å². The van der Waals surface area contributed by atoms with Crippen molar-refractivity contribution in [3.8, 4) is 0 Å². The Hall–Kier alpha value is -3.02. The minimum atomic E-state index is -0.379. The smallest absolute Gasteiger partial charge is 0.257 e. The number of hydrogen-bond donors (Lipinski definition) is 0. The molecule has 0 fully saturated rings. The molecule has 0 saturated carbocycles. The monoisotopic (exact) mass is 296 g/mol. The molecule has 0 bridgehead atoms. The van der Waals surface area contributed by atoms with Gasteiger partial charge in [0.05, 0.1) is 6.54 Å². The number of nitrogens with zero attached hydrogens (tertiary/aromatic N) is 2. The van der Waals surface area contributed by atoms with E-state index in [4.69, 9.17) is 0 Å². The van der Waals surface area contributed by atoms with E-state index in [1.54, 1.807) is 6.08 Å². The van der Waals surface area contributed by atoms with E-state index in [0.717, 1.165) is 20.9 Å². The molecule has 0 saturated heterocycles. The molecule has 4 amide bonds. The zero-order valence-electron chi connectivity index (χ0n) is 11.6. The quantitative estimate of drug-likeness (QED) is 0.715. The van der Waals surface area contributed by atoms with Crippen molar-refractivity contribution < 1.29 is 19.2 Å². The zero-order chi connectivity index (χ0) is 15.7. The molecule has 22 heavy (non-hydrogen) atoms. The summed E-state index contributed by atoms with van der Waals surface area (Å²) in [6, 6.07) is 0. The molecule has 1 aliphatic carbocycles. The third-order valence-corrected chi connectivity index (χ3v) is 3.44. The Balaban J connectivity index is 1.76. The Morgan fingerprint density at radius 3 is 2.09 bits per heavy atom. The summed E-state index contributed by atoms with van der Waals surface area (Å²) >= 11 is 0. The van der Waals surface area contributed by atoms with Crippen LogP contribution in [0.4, 0.5) is 0 Å². The van der Waals surface area contributed by atoms with Gasteiger partial charge in [0.25, 0.3) is 23.6 Å². The molecule has 0 unspecified atom stereocenters. The maximum Gasteiger partial charge on any atom is 0.257 e. The van der Waals surface area contributed by atoms with Crippen LogP contribution in [-0.2, 0) is 19.2 Å². The molecular formula is C16H12N2O4. The molecule has 2 heterocycles. The fourth-order valence-electron chi connectivity index (χ4n) is 2.35. The normalized spacial score (nSPS) is 22.5. The molecule has 0 radical (unpaired) electrons. The summed E-state index contributed by atoms with van der Waals surface area (Å²) in [5.74, 6) is -1.44. The first kappa shape index (κ1) is 13.9. The van der Waals surface area contributed by atoms with E-state index in [9.17, 15) is 19.2 Å². The van der Waals surface area contributed by atoms with Crippen molar-refractivity contribution >= 4 is 23.6 Å². The highest BCUT2D eigenvalue weighted by Crippen LogP contribution is 2.20. The van der Waals surface area contributed by atoms with E-state index in [0.29, 0.717) is 6.42 Å². The second-order valence-corrected chi connectivity index (χ2v) is 5.01. The van der Waals surface area contributed by atoms with Gasteiger partial charge in [0.15, 0.2) is 0 Å². The van der Waals surface area contributed by atoms with E-state index in [-0.39, 0.29) is 30.2 Å². The summed E-state index contributed by atoms with van der Waals surface area (Å²) in [6.45, 7) is 0.165. The van der Waals surface area contributed by atoms with E-state index >= 15 is 0 Å². The van der Waals surface area contributed by atoms with Crippen LogP contribution < -0.4 is 0 Å². The molecule has 3 rings (SSSR count). The number of carbonyl (C=O) groups is 4. The molecular weight excluding hydrogens is 284 g/mol. The van der Waals surface area contributed by atoms with Crippen molar-refractivity contribution in [1.29, 1.82) is 0 Å². The van der Waals surface area contributed by atoms with Gasteiger partial charge >= 0.3 is 0 Å². The second kappa shape index (κ2) is 5.40. The van der Waals surface area contributed by atoms with Gasteiger partial charge in [-0.15, -0.1) is 0 Å². The molecule has 3 aliphatic rings. The van der Waals surface area contributed by atoms with Gasteiger partial charge in [0.1, 0.15) is 0 Å². The van der Waals surface area contributed by atoms with Gasteiger partial charge in [-0.1, -0.05) is 18.2 Å². The topological polar surface area (TPSA) is 74.8 Å². The van der Waals surface area contributed by atoms with Crippen LogP contribution in [0.1, 0.15) is 6.42 Å². The highest BCUT2D eigenvalue weighted by atomic mass is 16.2. The number of rotatable bonds is 3. The molecule has 0 spiro atoms. The maximum absolute atomic E-state index is 11.6. The number of hydrogen-bond acceptors (Lipinski definition) is 4. The van der Waals surface area contributed by atoms with Crippen LogP contribution in [0.5, 0.6) is 0 Å². The lowest BCUT2D eigenvalue weighted by molar-refractivity contribution is -0.136. The fourth-order valence-corrected chi connectivity index (χ4v) is 2.35. The van der Waals surface area contributed by atoms with Crippen molar-refractivity contribution in [1.82, 2.24) is 9.80 Å². The minimum absolute atomic E-state index is 0.165. The first-order valence-electron chi connectivity index (χ1n) is 6.71. The van der Waals surface area contributed by atoms with Crippen LogP contribution in [0.3, 0.4) is 0 Å². The SMILES string of the molecule is O=C1C=CC(=O)N1/C=C1/C=C(CN2C(=O)C=CC2=O)C=CC1.